The molecule has 0 radical (unpaired) electrons. The molecule has 2 aliphatic rings. The molecule has 1 aromatic heterocycles. The Labute approximate surface area is 160 Å². The van der Waals surface area contributed by atoms with Crippen LogP contribution >= 0.6 is 0 Å². The minimum Gasteiger partial charge on any atom is -0.396 e. The Kier molecular flexibility index (Phi) is 6.84. The highest BCUT2D eigenvalue weighted by Crippen LogP contribution is 2.30. The van der Waals surface area contributed by atoms with Crippen LogP contribution in [0.15, 0.2) is 23.3 Å². The number of guanidine groups is 1. The first kappa shape index (κ1) is 19.8. The normalized spacial score (nSPS) is 22.7. The maximum atomic E-state index is 14.0. The Bertz CT molecular complexity index is 636. The molecule has 0 aromatic carbocycles. The number of aromatic nitrogens is 1. The van der Waals surface area contributed by atoms with E-state index in [4.69, 9.17) is 9.73 Å². The van der Waals surface area contributed by atoms with Crippen molar-refractivity contribution < 1.29 is 14.2 Å². The number of ether oxygens (including phenoxy) is 1. The second-order valence-electron chi connectivity index (χ2n) is 7.35. The molecule has 0 bridgehead atoms. The lowest BCUT2D eigenvalue weighted by atomic mass is 9.81. The zero-order chi connectivity index (χ0) is 19.1. The molecule has 7 nitrogen and oxygen atoms in total. The van der Waals surface area contributed by atoms with Crippen molar-refractivity contribution in [1.82, 2.24) is 15.6 Å². The van der Waals surface area contributed by atoms with Crippen molar-refractivity contribution in [3.8, 4) is 0 Å². The molecule has 1 aromatic rings. The van der Waals surface area contributed by atoms with Crippen molar-refractivity contribution in [1.29, 1.82) is 0 Å². The third kappa shape index (κ3) is 5.07. The summed E-state index contributed by atoms with van der Waals surface area (Å²) in [5, 5.41) is 16.6. The van der Waals surface area contributed by atoms with Gasteiger partial charge in [-0.1, -0.05) is 0 Å². The third-order valence-electron chi connectivity index (χ3n) is 5.37. The van der Waals surface area contributed by atoms with Gasteiger partial charge in [-0.05, 0) is 38.3 Å². The van der Waals surface area contributed by atoms with Gasteiger partial charge in [0, 0.05) is 50.5 Å². The average Bonchev–Trinajstić information content (AvgIpc) is 3.16. The first-order valence-electron chi connectivity index (χ1n) is 9.75. The standard InChI is InChI=1S/C19H30FN5O2/c1-2-21-18(23-13-19(14-26)6-10-27-11-7-19)24-15-5-9-25(12-15)17-16(20)4-3-8-22-17/h3-4,8,15,26H,2,5-7,9-14H2,1H3,(H2,21,23,24). The minimum absolute atomic E-state index is 0.120. The fourth-order valence-corrected chi connectivity index (χ4v) is 3.61. The van der Waals surface area contributed by atoms with E-state index in [0.717, 1.165) is 38.3 Å². The summed E-state index contributed by atoms with van der Waals surface area (Å²) in [6.07, 6.45) is 4.15. The van der Waals surface area contributed by atoms with Gasteiger partial charge in [-0.25, -0.2) is 9.37 Å². The van der Waals surface area contributed by atoms with E-state index in [2.05, 4.69) is 15.6 Å². The molecule has 3 N–H and O–H groups in total. The van der Waals surface area contributed by atoms with Crippen molar-refractivity contribution in [2.75, 3.05) is 50.9 Å². The fraction of sp³-hybridized carbons (Fsp3) is 0.684. The summed E-state index contributed by atoms with van der Waals surface area (Å²) in [6.45, 7) is 6.24. The van der Waals surface area contributed by atoms with E-state index in [-0.39, 0.29) is 23.9 Å². The molecule has 8 heteroatoms. The molecule has 27 heavy (non-hydrogen) atoms. The van der Waals surface area contributed by atoms with Crippen molar-refractivity contribution in [3.05, 3.63) is 24.1 Å². The number of nitrogens with zero attached hydrogens (tertiary/aromatic N) is 3. The maximum absolute atomic E-state index is 14.0. The molecule has 2 aliphatic heterocycles. The zero-order valence-corrected chi connectivity index (χ0v) is 16.0. The first-order chi connectivity index (χ1) is 13.2. The highest BCUT2D eigenvalue weighted by molar-refractivity contribution is 5.80. The van der Waals surface area contributed by atoms with E-state index in [9.17, 15) is 9.50 Å². The van der Waals surface area contributed by atoms with Crippen molar-refractivity contribution in [3.63, 3.8) is 0 Å². The molecular weight excluding hydrogens is 349 g/mol. The largest absolute Gasteiger partial charge is 0.396 e. The Morgan fingerprint density at radius 2 is 2.30 bits per heavy atom. The number of halogens is 1. The molecule has 150 valence electrons. The zero-order valence-electron chi connectivity index (χ0n) is 16.0. The lowest BCUT2D eigenvalue weighted by Gasteiger charge is -2.34. The quantitative estimate of drug-likeness (QED) is 0.508. The van der Waals surface area contributed by atoms with Gasteiger partial charge >= 0.3 is 0 Å². The lowest BCUT2D eigenvalue weighted by Crippen LogP contribution is -2.46. The van der Waals surface area contributed by atoms with Crippen LogP contribution in [0.25, 0.3) is 0 Å². The molecule has 0 saturated carbocycles. The van der Waals surface area contributed by atoms with Gasteiger partial charge in [0.05, 0.1) is 13.2 Å². The van der Waals surface area contributed by atoms with Crippen LogP contribution in [0.5, 0.6) is 0 Å². The average molecular weight is 379 g/mol. The predicted molar refractivity (Wildman–Crippen MR) is 103 cm³/mol. The van der Waals surface area contributed by atoms with Gasteiger partial charge in [-0.15, -0.1) is 0 Å². The lowest BCUT2D eigenvalue weighted by molar-refractivity contribution is -0.0106. The Morgan fingerprint density at radius 3 is 3.00 bits per heavy atom. The fourth-order valence-electron chi connectivity index (χ4n) is 3.61. The summed E-state index contributed by atoms with van der Waals surface area (Å²) in [4.78, 5) is 10.9. The summed E-state index contributed by atoms with van der Waals surface area (Å²) in [7, 11) is 0. The van der Waals surface area contributed by atoms with Crippen LogP contribution in [0.4, 0.5) is 10.2 Å². The number of nitrogens with one attached hydrogen (secondary N) is 2. The van der Waals surface area contributed by atoms with Gasteiger partial charge in [-0.2, -0.15) is 0 Å². The number of aliphatic hydroxyl groups is 1. The SMILES string of the molecule is CCNC(=NCC1(CO)CCOCC1)NC1CCN(c2ncccc2F)C1. The molecule has 1 unspecified atom stereocenters. The molecule has 0 amide bonds. The number of rotatable bonds is 6. The molecule has 3 rings (SSSR count). The monoisotopic (exact) mass is 379 g/mol. The number of aliphatic hydroxyl groups excluding tert-OH is 1. The van der Waals surface area contributed by atoms with Gasteiger partial charge in [0.2, 0.25) is 0 Å². The summed E-state index contributed by atoms with van der Waals surface area (Å²) < 4.78 is 19.4. The summed E-state index contributed by atoms with van der Waals surface area (Å²) >= 11 is 0. The number of anilines is 1. The van der Waals surface area contributed by atoms with Crippen LogP contribution in [-0.4, -0.2) is 68.1 Å². The minimum atomic E-state index is -0.289. The molecular formula is C19H30FN5O2. The summed E-state index contributed by atoms with van der Waals surface area (Å²) in [6, 6.07) is 3.22. The van der Waals surface area contributed by atoms with E-state index < -0.39 is 0 Å². The van der Waals surface area contributed by atoms with E-state index in [1.165, 1.54) is 6.07 Å². The highest BCUT2D eigenvalue weighted by Gasteiger charge is 2.32. The first-order valence-corrected chi connectivity index (χ1v) is 9.75. The topological polar surface area (TPSA) is 82.0 Å². The second-order valence-corrected chi connectivity index (χ2v) is 7.35. The van der Waals surface area contributed by atoms with Crippen LogP contribution in [0, 0.1) is 11.2 Å². The second kappa shape index (κ2) is 9.32. The Balaban J connectivity index is 1.60. The Morgan fingerprint density at radius 1 is 1.48 bits per heavy atom. The van der Waals surface area contributed by atoms with E-state index in [1.807, 2.05) is 11.8 Å². The Hall–Kier alpha value is -1.93. The third-order valence-corrected chi connectivity index (χ3v) is 5.37. The smallest absolute Gasteiger partial charge is 0.191 e. The molecule has 1 atom stereocenters. The van der Waals surface area contributed by atoms with Crippen molar-refractivity contribution >= 4 is 11.8 Å². The van der Waals surface area contributed by atoms with Crippen LogP contribution in [0.3, 0.4) is 0 Å². The molecule has 0 spiro atoms. The van der Waals surface area contributed by atoms with Crippen LogP contribution < -0.4 is 15.5 Å². The van der Waals surface area contributed by atoms with E-state index in [1.54, 1.807) is 12.3 Å². The molecule has 2 saturated heterocycles. The molecule has 3 heterocycles. The van der Waals surface area contributed by atoms with Gasteiger partial charge in [0.15, 0.2) is 17.6 Å². The van der Waals surface area contributed by atoms with Crippen LogP contribution in [0.1, 0.15) is 26.2 Å². The number of hydrogen-bond donors (Lipinski definition) is 3. The van der Waals surface area contributed by atoms with Crippen LogP contribution in [0.2, 0.25) is 0 Å². The number of pyridine rings is 1. The van der Waals surface area contributed by atoms with E-state index in [0.29, 0.717) is 32.1 Å². The van der Waals surface area contributed by atoms with Gasteiger partial charge < -0.3 is 25.4 Å². The molecule has 0 aliphatic carbocycles. The maximum Gasteiger partial charge on any atom is 0.191 e. The van der Waals surface area contributed by atoms with E-state index >= 15 is 0 Å². The number of hydrogen-bond acceptors (Lipinski definition) is 5. The van der Waals surface area contributed by atoms with Crippen LogP contribution in [-0.2, 0) is 4.74 Å². The molecule has 2 fully saturated rings. The van der Waals surface area contributed by atoms with Gasteiger partial charge in [0.1, 0.15) is 0 Å². The predicted octanol–water partition coefficient (Wildman–Crippen LogP) is 1.14. The van der Waals surface area contributed by atoms with Crippen molar-refractivity contribution in [2.24, 2.45) is 10.4 Å². The summed E-state index contributed by atoms with van der Waals surface area (Å²) in [5.41, 5.74) is -0.195. The summed E-state index contributed by atoms with van der Waals surface area (Å²) in [5.74, 6) is 0.860. The van der Waals surface area contributed by atoms with Gasteiger partial charge in [-0.3, -0.25) is 4.99 Å². The van der Waals surface area contributed by atoms with Gasteiger partial charge in [0.25, 0.3) is 0 Å². The van der Waals surface area contributed by atoms with Crippen molar-refractivity contribution in [2.45, 2.75) is 32.2 Å². The number of aliphatic imine (C=N–C) groups is 1. The highest BCUT2D eigenvalue weighted by atomic mass is 19.1.